The van der Waals surface area contributed by atoms with Crippen LogP contribution in [0.4, 0.5) is 14.6 Å². The molecule has 1 unspecified atom stereocenters. The first-order chi connectivity index (χ1) is 24.4. The molecule has 2 fully saturated rings. The van der Waals surface area contributed by atoms with Gasteiger partial charge in [0.1, 0.15) is 29.0 Å². The lowest BCUT2D eigenvalue weighted by atomic mass is 9.77. The fourth-order valence-corrected chi connectivity index (χ4v) is 7.48. The van der Waals surface area contributed by atoms with E-state index in [1.165, 1.54) is 13.0 Å². The predicted octanol–water partition coefficient (Wildman–Crippen LogP) is 5.41. The Morgan fingerprint density at radius 1 is 1.02 bits per heavy atom. The molecule has 4 aromatic rings. The lowest BCUT2D eigenvalue weighted by Crippen LogP contribution is -2.46. The van der Waals surface area contributed by atoms with Gasteiger partial charge < -0.3 is 29.5 Å². The van der Waals surface area contributed by atoms with Crippen molar-refractivity contribution in [3.8, 4) is 11.5 Å². The number of carboxylic acid groups (broad SMARTS) is 1. The molecular weight excluding hydrogens is 691 g/mol. The number of ether oxygens (including phenoxy) is 3. The molecule has 16 heteroatoms. The molecule has 0 aliphatic carbocycles. The lowest BCUT2D eigenvalue weighted by molar-refractivity contribution is -0.143. The van der Waals surface area contributed by atoms with Crippen molar-refractivity contribution >= 4 is 20.0 Å². The van der Waals surface area contributed by atoms with E-state index in [2.05, 4.69) is 10.3 Å². The van der Waals surface area contributed by atoms with E-state index in [1.54, 1.807) is 38.5 Å². The summed E-state index contributed by atoms with van der Waals surface area (Å²) in [7, 11) is -1.12. The van der Waals surface area contributed by atoms with Crippen molar-refractivity contribution in [2.75, 3.05) is 32.8 Å². The molecule has 0 spiro atoms. The number of carbonyl (C=O) groups is 1. The van der Waals surface area contributed by atoms with Gasteiger partial charge in [0, 0.05) is 6.20 Å². The maximum absolute atomic E-state index is 15.9. The van der Waals surface area contributed by atoms with Crippen molar-refractivity contribution in [1.29, 1.82) is 0 Å². The molecule has 0 saturated carbocycles. The molecule has 0 bridgehead atoms. The number of carboxylic acids is 1. The normalized spacial score (nSPS) is 23.2. The number of fused-ring (bicyclic) bond motifs is 1. The van der Waals surface area contributed by atoms with E-state index in [4.69, 9.17) is 32.9 Å². The molecule has 5 atom stereocenters. The number of nitrogens with one attached hydrogen (secondary N) is 1. The van der Waals surface area contributed by atoms with Gasteiger partial charge in [-0.15, -0.1) is 0 Å². The van der Waals surface area contributed by atoms with Gasteiger partial charge in [-0.2, -0.15) is 13.8 Å². The summed E-state index contributed by atoms with van der Waals surface area (Å²) in [6, 6.07) is 25.6. The first kappa shape index (κ1) is 36.3. The number of methoxy groups -OCH3 is 2. The molecule has 271 valence electrons. The van der Waals surface area contributed by atoms with Crippen molar-refractivity contribution in [2.24, 2.45) is 5.92 Å². The van der Waals surface area contributed by atoms with Crippen LogP contribution in [0.5, 0.6) is 11.5 Å². The Bertz CT molecular complexity index is 1840. The van der Waals surface area contributed by atoms with Crippen LogP contribution in [0.1, 0.15) is 36.3 Å². The number of aromatic nitrogens is 2. The number of benzene rings is 3. The summed E-state index contributed by atoms with van der Waals surface area (Å²) in [5.74, 6) is -4.39. The molecule has 13 nitrogen and oxygen atoms in total. The van der Waals surface area contributed by atoms with Crippen molar-refractivity contribution < 1.29 is 51.4 Å². The smallest absolute Gasteiger partial charge is 0.378 e. The summed E-state index contributed by atoms with van der Waals surface area (Å²) in [4.78, 5) is 39.5. The second-order valence-corrected chi connectivity index (χ2v) is 13.7. The summed E-state index contributed by atoms with van der Waals surface area (Å²) >= 11 is 0. The van der Waals surface area contributed by atoms with E-state index in [9.17, 15) is 14.5 Å². The van der Waals surface area contributed by atoms with Crippen LogP contribution in [0.15, 0.2) is 95.9 Å². The maximum Gasteiger partial charge on any atom is 0.378 e. The first-order valence-electron chi connectivity index (χ1n) is 16.0. The number of halogens is 2. The minimum atomic E-state index is -4.24. The van der Waals surface area contributed by atoms with Gasteiger partial charge in [-0.25, -0.2) is 4.79 Å². The van der Waals surface area contributed by atoms with Crippen molar-refractivity contribution in [2.45, 2.75) is 43.2 Å². The Labute approximate surface area is 292 Å². The van der Waals surface area contributed by atoms with Gasteiger partial charge in [0.25, 0.3) is 0 Å². The Morgan fingerprint density at radius 3 is 2.16 bits per heavy atom. The van der Waals surface area contributed by atoms with Crippen molar-refractivity contribution in [3.05, 3.63) is 118 Å². The number of aliphatic carboxylic acids is 1. The number of rotatable bonds is 13. The third-order valence-corrected chi connectivity index (χ3v) is 10.4. The third-order valence-electron chi connectivity index (χ3n) is 8.88. The van der Waals surface area contributed by atoms with E-state index in [1.807, 2.05) is 54.6 Å². The highest BCUT2D eigenvalue weighted by atomic mass is 31.2. The Balaban J connectivity index is 1.32. The standard InChI is InChI=1S/C35H37F2N3O10P/c1-22(31(41)42)18-20-47-51(44)48-21-28-30(50-51)35(36,37)32(49-28)40-19-17-29(38-33(40)43)39-34(23-7-5-4-6-8-23,24-9-13-26(45-2)14-10-24)25-11-15-27(46-3)16-12-25/h4-17,19,22,28,30,32,44H,18,20-21H2,1-3H3,(H,41,42)(H,38,39,43)/t22-,28-,30-,32-/m1/s1. The minimum absolute atomic E-state index is 0.0160. The average Bonchev–Trinajstić information content (AvgIpc) is 3.39. The molecule has 3 aromatic carbocycles. The number of anilines is 1. The van der Waals surface area contributed by atoms with Gasteiger partial charge in [-0.3, -0.25) is 22.9 Å². The van der Waals surface area contributed by atoms with E-state index < -0.39 is 62.3 Å². The number of alkyl halides is 2. The quantitative estimate of drug-likeness (QED) is 0.119. The largest absolute Gasteiger partial charge is 0.497 e. The van der Waals surface area contributed by atoms with Gasteiger partial charge in [0.05, 0.1) is 33.4 Å². The zero-order valence-electron chi connectivity index (χ0n) is 27.8. The number of hydrogen-bond donors (Lipinski definition) is 3. The molecule has 1 aromatic heterocycles. The summed E-state index contributed by atoms with van der Waals surface area (Å²) in [6.07, 6.45) is -4.39. The Hall–Kier alpha value is -4.50. The minimum Gasteiger partial charge on any atom is -0.497 e. The topological polar surface area (TPSA) is 160 Å². The van der Waals surface area contributed by atoms with Crippen LogP contribution in [0.3, 0.4) is 0 Å². The Morgan fingerprint density at radius 2 is 1.61 bits per heavy atom. The molecule has 2 aliphatic rings. The zero-order valence-corrected chi connectivity index (χ0v) is 28.7. The van der Waals surface area contributed by atoms with Gasteiger partial charge in [0.15, 0.2) is 6.10 Å². The zero-order chi connectivity index (χ0) is 36.4. The molecule has 2 saturated heterocycles. The summed E-state index contributed by atoms with van der Waals surface area (Å²) in [5, 5.41) is 12.5. The van der Waals surface area contributed by atoms with Crippen LogP contribution in [0.2, 0.25) is 0 Å². The monoisotopic (exact) mass is 728 g/mol. The van der Waals surface area contributed by atoms with Crippen LogP contribution in [-0.4, -0.2) is 71.1 Å². The van der Waals surface area contributed by atoms with Crippen LogP contribution in [0, 0.1) is 5.92 Å². The molecule has 6 rings (SSSR count). The molecule has 51 heavy (non-hydrogen) atoms. The molecule has 3 N–H and O–H groups in total. The molecule has 2 aliphatic heterocycles. The van der Waals surface area contributed by atoms with Gasteiger partial charge in [0.2, 0.25) is 6.23 Å². The average molecular weight is 729 g/mol. The van der Waals surface area contributed by atoms with Crippen LogP contribution in [0.25, 0.3) is 0 Å². The molecule has 3 heterocycles. The van der Waals surface area contributed by atoms with Crippen LogP contribution >= 0.6 is 8.17 Å². The fourth-order valence-electron chi connectivity index (χ4n) is 6.05. The molecule has 0 amide bonds. The van der Waals surface area contributed by atoms with E-state index in [0.29, 0.717) is 16.1 Å². The SMILES string of the molecule is COc1ccc(C(Nc2ccn([C@@H]3O[C@@H]4CO[P](O)(OCC[C@@H](C)C(=O)O)O[C@H]4C3(F)F)c(=O)n2)(c2ccccc2)c2ccc(OC)cc2)cc1. The Kier molecular flexibility index (Phi) is 10.4. The summed E-state index contributed by atoms with van der Waals surface area (Å²) < 4.78 is 64.6. The van der Waals surface area contributed by atoms with Gasteiger partial charge in [-0.1, -0.05) is 61.5 Å². The fraction of sp³-hybridized carbons (Fsp3) is 0.343. The highest BCUT2D eigenvalue weighted by Crippen LogP contribution is 2.65. The number of nitrogens with zero attached hydrogens (tertiary/aromatic N) is 2. The molecular formula is C35H37F2N3O10P. The van der Waals surface area contributed by atoms with E-state index in [0.717, 1.165) is 22.9 Å². The first-order valence-corrected chi connectivity index (χ1v) is 17.5. The maximum atomic E-state index is 15.9. The van der Waals surface area contributed by atoms with Crippen molar-refractivity contribution in [3.63, 3.8) is 0 Å². The predicted molar refractivity (Wildman–Crippen MR) is 181 cm³/mol. The number of hydrogen-bond acceptors (Lipinski definition) is 11. The van der Waals surface area contributed by atoms with E-state index >= 15 is 8.78 Å². The van der Waals surface area contributed by atoms with Crippen LogP contribution < -0.4 is 20.5 Å². The third kappa shape index (κ3) is 7.18. The van der Waals surface area contributed by atoms with Gasteiger partial charge >= 0.3 is 25.8 Å². The second-order valence-electron chi connectivity index (χ2n) is 12.1. The molecule has 1 radical (unpaired) electrons. The van der Waals surface area contributed by atoms with Crippen molar-refractivity contribution in [1.82, 2.24) is 9.55 Å². The van der Waals surface area contributed by atoms with E-state index in [-0.39, 0.29) is 18.8 Å². The van der Waals surface area contributed by atoms with Crippen LogP contribution in [-0.2, 0) is 28.6 Å². The van der Waals surface area contributed by atoms with Gasteiger partial charge in [-0.05, 0) is 53.4 Å². The second kappa shape index (κ2) is 14.6. The summed E-state index contributed by atoms with van der Waals surface area (Å²) in [5.41, 5.74) is 0.115. The highest BCUT2D eigenvalue weighted by Gasteiger charge is 2.65. The summed E-state index contributed by atoms with van der Waals surface area (Å²) in [6.45, 7) is 0.615. The highest BCUT2D eigenvalue weighted by molar-refractivity contribution is 7.55. The lowest BCUT2D eigenvalue weighted by Gasteiger charge is -2.38.